The summed E-state index contributed by atoms with van der Waals surface area (Å²) in [5, 5.41) is 9.75. The fourth-order valence-corrected chi connectivity index (χ4v) is 0.738. The van der Waals surface area contributed by atoms with Crippen LogP contribution in [-0.4, -0.2) is 7.11 Å². The number of benzene rings is 1. The van der Waals surface area contributed by atoms with Gasteiger partial charge >= 0.3 is 0 Å². The third-order valence-electron chi connectivity index (χ3n) is 1.31. The summed E-state index contributed by atoms with van der Waals surface area (Å²) in [6.07, 6.45) is 0. The van der Waals surface area contributed by atoms with Gasteiger partial charge in [0, 0.05) is 0 Å². The fourth-order valence-electron chi connectivity index (χ4n) is 0.738. The van der Waals surface area contributed by atoms with Crippen molar-refractivity contribution in [1.82, 2.24) is 0 Å². The van der Waals surface area contributed by atoms with Crippen LogP contribution in [0.5, 0.6) is 5.75 Å². The first kappa shape index (κ1) is 9.02. The zero-order chi connectivity index (χ0) is 9.52. The molecule has 0 amide bonds. The Labute approximate surface area is 74.5 Å². The predicted molar refractivity (Wildman–Crippen MR) is 46.7 cm³/mol. The second-order valence-electron chi connectivity index (χ2n) is 2.07. The number of methoxy groups -OCH3 is 1. The summed E-state index contributed by atoms with van der Waals surface area (Å²) in [5.41, 5.74) is 8.52. The molecule has 0 aliphatic rings. The molecule has 0 bridgehead atoms. The van der Waals surface area contributed by atoms with Crippen LogP contribution in [-0.2, 0) is 0 Å². The zero-order valence-corrected chi connectivity index (χ0v) is 6.95. The molecule has 0 unspecified atom stereocenters. The SMILES string of the molecule is COc1ccc(N=NN=[N+]=[N-])cc1. The lowest BCUT2D eigenvalue weighted by Crippen LogP contribution is -1.79. The molecule has 0 fully saturated rings. The highest BCUT2D eigenvalue weighted by Crippen LogP contribution is 2.17. The van der Waals surface area contributed by atoms with Crippen LogP contribution < -0.4 is 4.74 Å². The first-order chi connectivity index (χ1) is 6.36. The van der Waals surface area contributed by atoms with Crippen LogP contribution in [0, 0.1) is 0 Å². The molecule has 0 aromatic heterocycles. The molecule has 6 heteroatoms. The fraction of sp³-hybridized carbons (Fsp3) is 0.143. The standard InChI is InChI=1S/C7H7N5O/c1-13-7-4-2-6(3-5-7)9-11-12-10-8/h2-5H,1H3. The van der Waals surface area contributed by atoms with Crippen molar-refractivity contribution < 1.29 is 4.74 Å². The molecule has 13 heavy (non-hydrogen) atoms. The number of hydrogen-bond acceptors (Lipinski definition) is 2. The van der Waals surface area contributed by atoms with E-state index in [2.05, 4.69) is 20.5 Å². The Kier molecular flexibility index (Phi) is 3.29. The van der Waals surface area contributed by atoms with Gasteiger partial charge in [0.1, 0.15) is 16.7 Å². The molecule has 6 nitrogen and oxygen atoms in total. The maximum absolute atomic E-state index is 7.91. The van der Waals surface area contributed by atoms with E-state index in [1.54, 1.807) is 31.4 Å². The topological polar surface area (TPSA) is 82.7 Å². The summed E-state index contributed by atoms with van der Waals surface area (Å²) in [7, 11) is 1.58. The van der Waals surface area contributed by atoms with Crippen molar-refractivity contribution in [3.63, 3.8) is 0 Å². The van der Waals surface area contributed by atoms with Gasteiger partial charge in [0.25, 0.3) is 0 Å². The number of rotatable bonds is 3. The summed E-state index contributed by atoms with van der Waals surface area (Å²) in [4.78, 5) is 2.42. The molecule has 0 aliphatic carbocycles. The maximum Gasteiger partial charge on any atom is 0.119 e. The van der Waals surface area contributed by atoms with Crippen molar-refractivity contribution >= 4 is 5.69 Å². The first-order valence-electron chi connectivity index (χ1n) is 3.46. The smallest absolute Gasteiger partial charge is 0.119 e. The van der Waals surface area contributed by atoms with Crippen LogP contribution in [0.3, 0.4) is 0 Å². The molecule has 0 heterocycles. The summed E-state index contributed by atoms with van der Waals surface area (Å²) < 4.78 is 4.94. The van der Waals surface area contributed by atoms with Crippen molar-refractivity contribution in [2.24, 2.45) is 15.6 Å². The zero-order valence-electron chi connectivity index (χ0n) is 6.95. The van der Waals surface area contributed by atoms with E-state index in [0.717, 1.165) is 5.75 Å². The van der Waals surface area contributed by atoms with Crippen molar-refractivity contribution in [3.05, 3.63) is 34.7 Å². The van der Waals surface area contributed by atoms with Gasteiger partial charge < -0.3 is 4.74 Å². The molecule has 1 rings (SSSR count). The lowest BCUT2D eigenvalue weighted by atomic mass is 10.3. The second kappa shape index (κ2) is 4.74. The second-order valence-corrected chi connectivity index (χ2v) is 2.07. The van der Waals surface area contributed by atoms with Gasteiger partial charge in [-0.25, -0.2) is 0 Å². The molecule has 0 aliphatic heterocycles. The Bertz CT molecular complexity index is 338. The molecular weight excluding hydrogens is 170 g/mol. The van der Waals surface area contributed by atoms with Gasteiger partial charge in [0.05, 0.1) is 12.3 Å². The average molecular weight is 177 g/mol. The van der Waals surface area contributed by atoms with Crippen LogP contribution in [0.25, 0.3) is 10.4 Å². The Hall–Kier alpha value is -2.07. The van der Waals surface area contributed by atoms with Crippen LogP contribution in [0.1, 0.15) is 0 Å². The third kappa shape index (κ3) is 2.80. The molecule has 0 spiro atoms. The predicted octanol–water partition coefficient (Wildman–Crippen LogP) is 3.00. The van der Waals surface area contributed by atoms with Gasteiger partial charge in [-0.2, -0.15) is 4.91 Å². The van der Waals surface area contributed by atoms with Crippen LogP contribution in [0.4, 0.5) is 5.69 Å². The molecule has 0 radical (unpaired) electrons. The average Bonchev–Trinajstić information content (AvgIpc) is 2.19. The van der Waals surface area contributed by atoms with E-state index in [4.69, 9.17) is 10.3 Å². The van der Waals surface area contributed by atoms with Crippen LogP contribution in [0.15, 0.2) is 39.8 Å². The molecular formula is C7H7N5O. The molecule has 0 saturated heterocycles. The van der Waals surface area contributed by atoms with Crippen LogP contribution >= 0.6 is 0 Å². The van der Waals surface area contributed by atoms with Crippen LogP contribution in [0.2, 0.25) is 0 Å². The van der Waals surface area contributed by atoms with Gasteiger partial charge in [0.15, 0.2) is 0 Å². The lowest BCUT2D eigenvalue weighted by molar-refractivity contribution is 0.415. The highest BCUT2D eigenvalue weighted by molar-refractivity contribution is 5.40. The van der Waals surface area contributed by atoms with Crippen molar-refractivity contribution in [2.75, 3.05) is 7.11 Å². The van der Waals surface area contributed by atoms with E-state index in [-0.39, 0.29) is 0 Å². The monoisotopic (exact) mass is 177 g/mol. The first-order valence-corrected chi connectivity index (χ1v) is 3.46. The Morgan fingerprint density at radius 2 is 2.00 bits per heavy atom. The number of azide groups is 1. The van der Waals surface area contributed by atoms with Gasteiger partial charge in [-0.3, -0.25) is 0 Å². The molecule has 1 aromatic rings. The summed E-state index contributed by atoms with van der Waals surface area (Å²) in [5.74, 6) is 0.739. The van der Waals surface area contributed by atoms with Gasteiger partial charge in [-0.1, -0.05) is 0 Å². The minimum absolute atomic E-state index is 0.605. The van der Waals surface area contributed by atoms with Gasteiger partial charge in [-0.05, 0) is 29.4 Å². The minimum atomic E-state index is 0.605. The number of hydrogen-bond donors (Lipinski definition) is 0. The largest absolute Gasteiger partial charge is 0.497 e. The van der Waals surface area contributed by atoms with Crippen molar-refractivity contribution in [1.29, 1.82) is 0 Å². The quantitative estimate of drug-likeness (QED) is 0.302. The summed E-state index contributed by atoms with van der Waals surface area (Å²) in [6, 6.07) is 6.89. The van der Waals surface area contributed by atoms with E-state index in [1.165, 1.54) is 0 Å². The van der Waals surface area contributed by atoms with E-state index >= 15 is 0 Å². The molecule has 66 valence electrons. The van der Waals surface area contributed by atoms with E-state index in [1.807, 2.05) is 0 Å². The number of nitrogens with zero attached hydrogens (tertiary/aromatic N) is 5. The third-order valence-corrected chi connectivity index (χ3v) is 1.31. The van der Waals surface area contributed by atoms with E-state index in [9.17, 15) is 0 Å². The molecule has 0 N–H and O–H groups in total. The Morgan fingerprint density at radius 3 is 2.54 bits per heavy atom. The highest BCUT2D eigenvalue weighted by Gasteiger charge is 1.92. The maximum atomic E-state index is 7.91. The van der Waals surface area contributed by atoms with E-state index < -0.39 is 0 Å². The van der Waals surface area contributed by atoms with Gasteiger partial charge in [0.2, 0.25) is 0 Å². The van der Waals surface area contributed by atoms with E-state index in [0.29, 0.717) is 5.69 Å². The van der Waals surface area contributed by atoms with Crippen molar-refractivity contribution in [3.8, 4) is 5.75 Å². The summed E-state index contributed by atoms with van der Waals surface area (Å²) in [6.45, 7) is 0. The Balaban J connectivity index is 2.74. The highest BCUT2D eigenvalue weighted by atomic mass is 16.5. The molecule has 0 atom stereocenters. The minimum Gasteiger partial charge on any atom is -0.497 e. The lowest BCUT2D eigenvalue weighted by Gasteiger charge is -1.96. The van der Waals surface area contributed by atoms with Gasteiger partial charge in [-0.15, -0.1) is 5.53 Å². The molecule has 0 saturated carbocycles. The number of ether oxygens (including phenoxy) is 1. The Morgan fingerprint density at radius 1 is 1.31 bits per heavy atom. The summed E-state index contributed by atoms with van der Waals surface area (Å²) >= 11 is 0. The van der Waals surface area contributed by atoms with Crippen molar-refractivity contribution in [2.45, 2.75) is 0 Å². The normalized spacial score (nSPS) is 9.62. The molecule has 1 aromatic carbocycles.